The van der Waals surface area contributed by atoms with Crippen molar-refractivity contribution in [3.8, 4) is 92.7 Å². The van der Waals surface area contributed by atoms with Gasteiger partial charge in [-0.1, -0.05) is 0 Å². The summed E-state index contributed by atoms with van der Waals surface area (Å²) in [5, 5.41) is 16.9. The number of unbranched alkanes of at least 4 members (excludes halogenated alkanes) is 3. The van der Waals surface area contributed by atoms with Crippen molar-refractivity contribution in [1.82, 2.24) is 91.7 Å². The lowest BCUT2D eigenvalue weighted by Gasteiger charge is -2.15. The molecule has 0 radical (unpaired) electrons. The first-order chi connectivity index (χ1) is 50.6. The highest BCUT2D eigenvalue weighted by molar-refractivity contribution is 5.94. The Hall–Kier alpha value is -13.7. The molecule has 534 valence electrons. The van der Waals surface area contributed by atoms with Gasteiger partial charge in [0.25, 0.3) is 23.6 Å². The first kappa shape index (κ1) is 67.5. The number of aromatic nitrogens is 12. The fourth-order valence-electron chi connectivity index (χ4n) is 10.5. The molecule has 14 heterocycles. The Kier molecular flexibility index (Phi) is 19.5. The molecule has 104 heavy (non-hydrogen) atoms. The molecule has 14 rings (SSSR count). The number of nitrogens with one attached hydrogen (secondary N) is 6. The molecule has 0 unspecified atom stereocenters. The van der Waals surface area contributed by atoms with Gasteiger partial charge in [0.2, 0.25) is 82.5 Å². The van der Waals surface area contributed by atoms with Gasteiger partial charge in [-0.3, -0.25) is 38.4 Å². The fraction of sp³-hybridized carbons (Fsp3) is 0.312. The van der Waals surface area contributed by atoms with Crippen molar-refractivity contribution in [3.63, 3.8) is 0 Å². The molecule has 0 spiro atoms. The first-order valence-electron chi connectivity index (χ1n) is 32.1. The number of rotatable bonds is 19. The quantitative estimate of drug-likeness (QED) is 0.0340. The number of amides is 6. The largest absolute Gasteiger partial charge is 0.463 e. The van der Waals surface area contributed by atoms with Crippen molar-refractivity contribution in [3.05, 3.63) is 121 Å². The number of hydrogen-bond acceptors (Lipinski definition) is 34. The minimum Gasteiger partial charge on any atom is -0.463 e. The predicted octanol–water partition coefficient (Wildman–Crippen LogP) is 7.35. The summed E-state index contributed by atoms with van der Waals surface area (Å²) in [5.41, 5.74) is 0.233. The highest BCUT2D eigenvalue weighted by Crippen LogP contribution is 2.33. The van der Waals surface area contributed by atoms with Crippen LogP contribution in [0.4, 0.5) is 0 Å². The molecule has 24 bridgehead atoms. The predicted molar refractivity (Wildman–Crippen MR) is 336 cm³/mol. The van der Waals surface area contributed by atoms with E-state index in [4.69, 9.17) is 62.5 Å². The average molecular weight is 1430 g/mol. The maximum Gasteiger partial charge on any atom is 0.302 e. The van der Waals surface area contributed by atoms with Crippen molar-refractivity contribution < 1.29 is 101 Å². The maximum atomic E-state index is 13.8. The number of nitrogens with zero attached hydrogens (tertiary/aromatic N) is 12. The summed E-state index contributed by atoms with van der Waals surface area (Å²) in [4.78, 5) is 157. The third kappa shape index (κ3) is 15.7. The van der Waals surface area contributed by atoms with E-state index in [1.807, 2.05) is 0 Å². The van der Waals surface area contributed by atoms with Gasteiger partial charge in [0.05, 0.1) is 0 Å². The van der Waals surface area contributed by atoms with Crippen LogP contribution in [-0.2, 0) is 28.7 Å². The molecule has 0 aliphatic carbocycles. The van der Waals surface area contributed by atoms with Gasteiger partial charge in [0.15, 0.2) is 68.3 Å². The molecule has 12 aromatic heterocycles. The van der Waals surface area contributed by atoms with Crippen LogP contribution >= 0.6 is 0 Å². The number of oxazole rings is 12. The Labute approximate surface area is 580 Å². The van der Waals surface area contributed by atoms with Gasteiger partial charge in [-0.05, 0) is 51.4 Å². The number of ether oxygens (including phenoxy) is 2. The Morgan fingerprint density at radius 1 is 0.317 bits per heavy atom. The van der Waals surface area contributed by atoms with Crippen LogP contribution in [0.15, 0.2) is 128 Å². The summed E-state index contributed by atoms with van der Waals surface area (Å²) in [7, 11) is 0. The average Bonchev–Trinajstić information content (AvgIpc) is 1.66. The van der Waals surface area contributed by atoms with Crippen molar-refractivity contribution in [2.75, 3.05) is 26.3 Å². The zero-order valence-electron chi connectivity index (χ0n) is 54.5. The van der Waals surface area contributed by atoms with Crippen LogP contribution in [0.5, 0.6) is 0 Å². The molecule has 4 atom stereocenters. The Morgan fingerprint density at radius 2 is 0.548 bits per heavy atom. The van der Waals surface area contributed by atoms with E-state index >= 15 is 0 Å². The van der Waals surface area contributed by atoms with Crippen LogP contribution in [0, 0.1) is 0 Å². The zero-order valence-corrected chi connectivity index (χ0v) is 54.5. The van der Waals surface area contributed by atoms with E-state index in [-0.39, 0.29) is 203 Å². The number of carbonyl (C=O) groups excluding carboxylic acids is 8. The normalized spacial score (nSPS) is 15.9. The minimum absolute atomic E-state index is 0.0154. The number of fused-ring (bicyclic) bond motifs is 32. The van der Waals surface area contributed by atoms with Crippen LogP contribution in [0.25, 0.3) is 92.7 Å². The van der Waals surface area contributed by atoms with Crippen LogP contribution in [-0.4, -0.2) is 133 Å². The first-order valence-corrected chi connectivity index (χ1v) is 32.1. The summed E-state index contributed by atoms with van der Waals surface area (Å²) < 4.78 is 78.4. The second kappa shape index (κ2) is 30.0. The molecule has 0 saturated heterocycles. The van der Waals surface area contributed by atoms with E-state index in [9.17, 15) is 38.4 Å². The highest BCUT2D eigenvalue weighted by Gasteiger charge is 2.32. The number of esters is 2. The molecular weight excluding hydrogens is 1370 g/mol. The van der Waals surface area contributed by atoms with Crippen LogP contribution in [0.2, 0.25) is 0 Å². The van der Waals surface area contributed by atoms with Gasteiger partial charge in [-0.15, -0.1) is 0 Å². The third-order valence-corrected chi connectivity index (χ3v) is 15.7. The Bertz CT molecular complexity index is 4790. The van der Waals surface area contributed by atoms with E-state index in [0.717, 1.165) is 25.1 Å². The van der Waals surface area contributed by atoms with Gasteiger partial charge in [-0.25, -0.2) is 59.8 Å². The summed E-state index contributed by atoms with van der Waals surface area (Å²) in [5.74, 6) is -4.95. The monoisotopic (exact) mass is 1430 g/mol. The molecule has 12 aromatic rings. The van der Waals surface area contributed by atoms with E-state index < -0.39 is 59.7 Å². The standard InChI is InChI=1S/C64H56N18O22/c1-29(83)91-19-37-55-77-45(27-99-55)63-81-39(25-103-63)57-71-33(15-93-57)49(87)67-31(53-75-43(21-97-53)61-79-41(23-101-61)59-73-35(17-95-59)51(89)69-37)9-5-7-13-65-47(85)11-3-4-12-48(86)66-14-8-6-10-32-54-76-44(22-98-54)62-80-42(24-102-62)60-74-36(18-96-60)52(90)70-38(20-92-30(2)84)56-78-46(28-100-56)64-82-40(26-104-64)58-72-34(16-94-58)50(88)68-32/h15-18,21-28,31-32,37-38H,3-14,19-20H2,1-2H3,(H,65,85)(H,66,86)(H,67,87)(H,68,88)(H,69,89)(H,70,90)/t31-,32-,37-,38-/m0/s1. The molecule has 0 aromatic carbocycles. The molecule has 2 aliphatic heterocycles. The van der Waals surface area contributed by atoms with Gasteiger partial charge in [0, 0.05) is 39.8 Å². The molecule has 6 N–H and O–H groups in total. The second-order valence-corrected chi connectivity index (χ2v) is 23.2. The van der Waals surface area contributed by atoms with Crippen molar-refractivity contribution >= 4 is 47.4 Å². The lowest BCUT2D eigenvalue weighted by molar-refractivity contribution is -0.142. The van der Waals surface area contributed by atoms with E-state index in [2.05, 4.69) is 91.7 Å². The second-order valence-electron chi connectivity index (χ2n) is 23.2. The molecule has 2 aliphatic rings. The fourth-order valence-corrected chi connectivity index (χ4v) is 10.5. The summed E-state index contributed by atoms with van der Waals surface area (Å²) in [6.45, 7) is 2.23. The SMILES string of the molecule is CC(=O)OC[C@@H]1NC(=O)c2coc(n2)-c2coc(n2)-c2coc(n2)[C@H](CCCCNC(=O)CCCCC(=O)NCCCC[C@@H]2NC(=O)c3coc(n3)-c3coc(n3)-c3coc(n3)[C@H](COC(C)=O)NC(=O)c3coc(n3)-c3coc(n3)-c3coc2n3)NC(=O)c2coc(n2)-c2coc(n2)-c2coc1n2. The van der Waals surface area contributed by atoms with Gasteiger partial charge >= 0.3 is 11.9 Å². The Morgan fingerprint density at radius 3 is 0.827 bits per heavy atom. The molecular formula is C64H56N18O22. The number of hydrogen-bond donors (Lipinski definition) is 6. The van der Waals surface area contributed by atoms with Crippen LogP contribution in [0.3, 0.4) is 0 Å². The summed E-state index contributed by atoms with van der Waals surface area (Å²) in [6.07, 6.45) is 17.9. The van der Waals surface area contributed by atoms with E-state index in [0.29, 0.717) is 38.5 Å². The van der Waals surface area contributed by atoms with Gasteiger partial charge in [0.1, 0.15) is 113 Å². The third-order valence-electron chi connectivity index (χ3n) is 15.7. The Balaban J connectivity index is 0.555. The smallest absolute Gasteiger partial charge is 0.302 e. The lowest BCUT2D eigenvalue weighted by atomic mass is 10.1. The molecule has 40 heteroatoms. The maximum absolute atomic E-state index is 13.8. The van der Waals surface area contributed by atoms with Crippen LogP contribution in [0.1, 0.15) is 168 Å². The van der Waals surface area contributed by atoms with Crippen LogP contribution < -0.4 is 31.9 Å². The summed E-state index contributed by atoms with van der Waals surface area (Å²) >= 11 is 0. The minimum atomic E-state index is -1.10. The van der Waals surface area contributed by atoms with E-state index in [1.165, 1.54) is 64.0 Å². The molecule has 6 amide bonds. The molecule has 0 saturated carbocycles. The molecule has 0 fully saturated rings. The van der Waals surface area contributed by atoms with Gasteiger partial charge < -0.3 is 94.4 Å². The van der Waals surface area contributed by atoms with E-state index in [1.54, 1.807) is 0 Å². The van der Waals surface area contributed by atoms with Crippen molar-refractivity contribution in [1.29, 1.82) is 0 Å². The highest BCUT2D eigenvalue weighted by atomic mass is 16.5. The van der Waals surface area contributed by atoms with Gasteiger partial charge in [-0.2, -0.15) is 0 Å². The lowest BCUT2D eigenvalue weighted by Crippen LogP contribution is -2.32. The number of carbonyl (C=O) groups is 8. The topological polar surface area (TPSA) is 540 Å². The van der Waals surface area contributed by atoms with Crippen molar-refractivity contribution in [2.24, 2.45) is 0 Å². The summed E-state index contributed by atoms with van der Waals surface area (Å²) in [6, 6.07) is -3.91. The zero-order chi connectivity index (χ0) is 71.8. The molecule has 40 nitrogen and oxygen atoms in total. The van der Waals surface area contributed by atoms with Crippen molar-refractivity contribution in [2.45, 2.75) is 102 Å².